The summed E-state index contributed by atoms with van der Waals surface area (Å²) in [7, 11) is 0. The third-order valence-corrected chi connectivity index (χ3v) is 3.02. The molecule has 0 unspecified atom stereocenters. The van der Waals surface area contributed by atoms with Crippen molar-refractivity contribution in [1.29, 1.82) is 0 Å². The lowest BCUT2D eigenvalue weighted by molar-refractivity contribution is 0.800. The summed E-state index contributed by atoms with van der Waals surface area (Å²) in [5, 5.41) is 1.17. The number of benzene rings is 1. The molecular formula is C15H15N3. The van der Waals surface area contributed by atoms with E-state index in [0.29, 0.717) is 0 Å². The van der Waals surface area contributed by atoms with Gasteiger partial charge in [0.2, 0.25) is 0 Å². The van der Waals surface area contributed by atoms with Crippen LogP contribution < -0.4 is 0 Å². The second kappa shape index (κ2) is 4.61. The minimum Gasteiger partial charge on any atom is -0.288 e. The van der Waals surface area contributed by atoms with Gasteiger partial charge in [0.15, 0.2) is 0 Å². The van der Waals surface area contributed by atoms with Gasteiger partial charge in [0.25, 0.3) is 0 Å². The number of hydrogen-bond donors (Lipinski definition) is 0. The van der Waals surface area contributed by atoms with Crippen molar-refractivity contribution in [3.63, 3.8) is 0 Å². The molecule has 0 spiro atoms. The van der Waals surface area contributed by atoms with Gasteiger partial charge in [-0.25, -0.2) is 9.97 Å². The number of para-hydroxylation sites is 1. The summed E-state index contributed by atoms with van der Waals surface area (Å²) in [5.74, 6) is 2.01. The minimum atomic E-state index is 0.939. The maximum Gasteiger partial charge on any atom is 0.138 e. The van der Waals surface area contributed by atoms with Gasteiger partial charge in [-0.2, -0.15) is 0 Å². The molecule has 18 heavy (non-hydrogen) atoms. The van der Waals surface area contributed by atoms with Gasteiger partial charge in [0.05, 0.1) is 5.52 Å². The van der Waals surface area contributed by atoms with Crippen molar-refractivity contribution < 1.29 is 0 Å². The van der Waals surface area contributed by atoms with E-state index in [2.05, 4.69) is 33.6 Å². The van der Waals surface area contributed by atoms with Crippen LogP contribution in [0.15, 0.2) is 48.8 Å². The Bertz CT molecular complexity index is 670. The summed E-state index contributed by atoms with van der Waals surface area (Å²) in [6, 6.07) is 12.3. The van der Waals surface area contributed by atoms with Crippen LogP contribution in [0.5, 0.6) is 0 Å². The standard InChI is InChI=1S/C15H15N3/c1-2-5-14-16-10-11-18(14)15-9-8-12-6-3-4-7-13(12)17-15/h3-4,6-11H,2,5H2,1H3. The third-order valence-electron chi connectivity index (χ3n) is 3.02. The molecule has 0 aliphatic heterocycles. The van der Waals surface area contributed by atoms with Crippen LogP contribution in [0, 0.1) is 0 Å². The third kappa shape index (κ3) is 1.88. The van der Waals surface area contributed by atoms with Crippen LogP contribution in [-0.2, 0) is 6.42 Å². The largest absolute Gasteiger partial charge is 0.288 e. The van der Waals surface area contributed by atoms with Gasteiger partial charge < -0.3 is 0 Å². The molecule has 0 aliphatic carbocycles. The molecule has 0 saturated carbocycles. The second-order valence-electron chi connectivity index (χ2n) is 4.33. The molecular weight excluding hydrogens is 222 g/mol. The molecule has 3 aromatic rings. The predicted molar refractivity (Wildman–Crippen MR) is 72.9 cm³/mol. The van der Waals surface area contributed by atoms with Crippen molar-refractivity contribution in [1.82, 2.24) is 14.5 Å². The van der Waals surface area contributed by atoms with E-state index in [-0.39, 0.29) is 0 Å². The van der Waals surface area contributed by atoms with E-state index in [1.165, 1.54) is 5.39 Å². The van der Waals surface area contributed by atoms with Crippen LogP contribution in [-0.4, -0.2) is 14.5 Å². The van der Waals surface area contributed by atoms with E-state index in [1.54, 1.807) is 0 Å². The van der Waals surface area contributed by atoms with Crippen LogP contribution >= 0.6 is 0 Å². The van der Waals surface area contributed by atoms with Gasteiger partial charge in [-0.15, -0.1) is 0 Å². The first-order chi connectivity index (χ1) is 8.88. The lowest BCUT2D eigenvalue weighted by atomic mass is 10.2. The lowest BCUT2D eigenvalue weighted by Crippen LogP contribution is -2.02. The maximum atomic E-state index is 4.68. The Morgan fingerprint density at radius 1 is 1.11 bits per heavy atom. The van der Waals surface area contributed by atoms with Crippen molar-refractivity contribution in [2.75, 3.05) is 0 Å². The average Bonchev–Trinajstić information content (AvgIpc) is 2.87. The van der Waals surface area contributed by atoms with E-state index < -0.39 is 0 Å². The van der Waals surface area contributed by atoms with E-state index in [0.717, 1.165) is 30.0 Å². The van der Waals surface area contributed by atoms with E-state index in [1.807, 2.05) is 36.7 Å². The van der Waals surface area contributed by atoms with Crippen molar-refractivity contribution in [2.24, 2.45) is 0 Å². The summed E-state index contributed by atoms with van der Waals surface area (Å²) >= 11 is 0. The van der Waals surface area contributed by atoms with Gasteiger partial charge in [0, 0.05) is 24.2 Å². The quantitative estimate of drug-likeness (QED) is 0.699. The Kier molecular flexibility index (Phi) is 2.81. The number of imidazole rings is 1. The zero-order valence-corrected chi connectivity index (χ0v) is 10.4. The first-order valence-electron chi connectivity index (χ1n) is 6.27. The molecule has 0 saturated heterocycles. The van der Waals surface area contributed by atoms with Crippen molar-refractivity contribution in [3.05, 3.63) is 54.6 Å². The molecule has 90 valence electrons. The molecule has 3 rings (SSSR count). The number of aryl methyl sites for hydroxylation is 1. The highest BCUT2D eigenvalue weighted by Crippen LogP contribution is 2.16. The average molecular weight is 237 g/mol. The van der Waals surface area contributed by atoms with Crippen LogP contribution in [0.1, 0.15) is 19.2 Å². The monoisotopic (exact) mass is 237 g/mol. The van der Waals surface area contributed by atoms with Gasteiger partial charge in [0.1, 0.15) is 11.6 Å². The molecule has 0 atom stereocenters. The van der Waals surface area contributed by atoms with Crippen LogP contribution in [0.3, 0.4) is 0 Å². The van der Waals surface area contributed by atoms with Gasteiger partial charge in [-0.05, 0) is 24.6 Å². The Labute approximate surface area is 106 Å². The van der Waals surface area contributed by atoms with Crippen LogP contribution in [0.2, 0.25) is 0 Å². The smallest absolute Gasteiger partial charge is 0.138 e. The summed E-state index contributed by atoms with van der Waals surface area (Å²) in [4.78, 5) is 9.07. The number of rotatable bonds is 3. The zero-order chi connectivity index (χ0) is 12.4. The summed E-state index contributed by atoms with van der Waals surface area (Å²) < 4.78 is 2.07. The first-order valence-corrected chi connectivity index (χ1v) is 6.27. The number of nitrogens with zero attached hydrogens (tertiary/aromatic N) is 3. The Hall–Kier alpha value is -2.16. The number of pyridine rings is 1. The SMILES string of the molecule is CCCc1nccn1-c1ccc2ccccc2n1. The van der Waals surface area contributed by atoms with E-state index >= 15 is 0 Å². The van der Waals surface area contributed by atoms with E-state index in [4.69, 9.17) is 0 Å². The number of aromatic nitrogens is 3. The fourth-order valence-corrected chi connectivity index (χ4v) is 2.14. The lowest BCUT2D eigenvalue weighted by Gasteiger charge is -2.07. The van der Waals surface area contributed by atoms with Crippen LogP contribution in [0.4, 0.5) is 0 Å². The molecule has 2 heterocycles. The summed E-state index contributed by atoms with van der Waals surface area (Å²) in [6.07, 6.45) is 5.87. The van der Waals surface area contributed by atoms with Gasteiger partial charge in [-0.1, -0.05) is 25.1 Å². The highest BCUT2D eigenvalue weighted by molar-refractivity contribution is 5.79. The molecule has 3 nitrogen and oxygen atoms in total. The highest BCUT2D eigenvalue weighted by atomic mass is 15.1. The molecule has 2 aromatic heterocycles. The molecule has 1 aromatic carbocycles. The number of fused-ring (bicyclic) bond motifs is 1. The highest BCUT2D eigenvalue weighted by Gasteiger charge is 2.05. The van der Waals surface area contributed by atoms with Crippen molar-refractivity contribution in [2.45, 2.75) is 19.8 Å². The zero-order valence-electron chi connectivity index (χ0n) is 10.4. The fourth-order valence-electron chi connectivity index (χ4n) is 2.14. The van der Waals surface area contributed by atoms with E-state index in [9.17, 15) is 0 Å². The molecule has 0 amide bonds. The molecule has 3 heteroatoms. The Morgan fingerprint density at radius 3 is 2.89 bits per heavy atom. The first kappa shape index (κ1) is 11.0. The fraction of sp³-hybridized carbons (Fsp3) is 0.200. The summed E-state index contributed by atoms with van der Waals surface area (Å²) in [6.45, 7) is 2.16. The topological polar surface area (TPSA) is 30.7 Å². The van der Waals surface area contributed by atoms with Crippen LogP contribution in [0.25, 0.3) is 16.7 Å². The van der Waals surface area contributed by atoms with Gasteiger partial charge >= 0.3 is 0 Å². The Morgan fingerprint density at radius 2 is 2.00 bits per heavy atom. The van der Waals surface area contributed by atoms with Crippen molar-refractivity contribution in [3.8, 4) is 5.82 Å². The predicted octanol–water partition coefficient (Wildman–Crippen LogP) is 3.37. The maximum absolute atomic E-state index is 4.68. The normalized spacial score (nSPS) is 10.9. The van der Waals surface area contributed by atoms with Gasteiger partial charge in [-0.3, -0.25) is 4.57 Å². The molecule has 0 bridgehead atoms. The van der Waals surface area contributed by atoms with Crippen molar-refractivity contribution >= 4 is 10.9 Å². The second-order valence-corrected chi connectivity index (χ2v) is 4.33. The molecule has 0 N–H and O–H groups in total. The molecule has 0 radical (unpaired) electrons. The number of hydrogen-bond acceptors (Lipinski definition) is 2. The molecule has 0 fully saturated rings. The minimum absolute atomic E-state index is 0.939. The summed E-state index contributed by atoms with van der Waals surface area (Å²) in [5.41, 5.74) is 1.02. The Balaban J connectivity index is 2.10. The molecule has 0 aliphatic rings.